The van der Waals surface area contributed by atoms with E-state index < -0.39 is 28.2 Å². The maximum atomic E-state index is 13.1. The summed E-state index contributed by atoms with van der Waals surface area (Å²) in [5, 5.41) is 0. The zero-order chi connectivity index (χ0) is 13.8. The summed E-state index contributed by atoms with van der Waals surface area (Å²) in [5.41, 5.74) is 0.804. The van der Waals surface area contributed by atoms with Crippen LogP contribution in [0.3, 0.4) is 0 Å². The van der Waals surface area contributed by atoms with Gasteiger partial charge in [-0.1, -0.05) is 52.9 Å². The summed E-state index contributed by atoms with van der Waals surface area (Å²) in [6, 6.07) is 8.76. The topological polar surface area (TPSA) is 0 Å². The Labute approximate surface area is 115 Å². The van der Waals surface area contributed by atoms with Crippen molar-refractivity contribution in [2.24, 2.45) is 0 Å². The summed E-state index contributed by atoms with van der Waals surface area (Å²) in [7, 11) is 0. The number of halogens is 6. The van der Waals surface area contributed by atoms with Gasteiger partial charge in [0.1, 0.15) is 0 Å². The van der Waals surface area contributed by atoms with E-state index >= 15 is 0 Å². The molecule has 0 aliphatic carbocycles. The van der Waals surface area contributed by atoms with Gasteiger partial charge in [-0.15, -0.1) is 0 Å². The fourth-order valence-corrected chi connectivity index (χ4v) is 2.51. The van der Waals surface area contributed by atoms with E-state index in [2.05, 4.69) is 0 Å². The van der Waals surface area contributed by atoms with Crippen LogP contribution >= 0.6 is 22.6 Å². The van der Waals surface area contributed by atoms with Crippen LogP contribution in [0.25, 0.3) is 0 Å². The van der Waals surface area contributed by atoms with Crippen molar-refractivity contribution in [2.75, 3.05) is 0 Å². The van der Waals surface area contributed by atoms with E-state index in [-0.39, 0.29) is 6.42 Å². The second-order valence-corrected chi connectivity index (χ2v) is 5.53. The largest absolute Gasteiger partial charge is 0.307 e. The molecule has 0 N–H and O–H groups in total. The Balaban J connectivity index is 2.65. The van der Waals surface area contributed by atoms with Crippen LogP contribution in [-0.2, 0) is 6.42 Å². The molecule has 6 heteroatoms. The number of hydrogen-bond donors (Lipinski definition) is 0. The van der Waals surface area contributed by atoms with E-state index in [1.165, 1.54) is 0 Å². The van der Waals surface area contributed by atoms with Crippen molar-refractivity contribution in [2.45, 2.75) is 22.7 Å². The second kappa shape index (κ2) is 6.49. The predicted molar refractivity (Wildman–Crippen MR) is 67.9 cm³/mol. The minimum atomic E-state index is -4.11. The number of allylic oxidation sites excluding steroid dienone is 1. The molecule has 1 aromatic rings. The highest BCUT2D eigenvalue weighted by Crippen LogP contribution is 2.35. The van der Waals surface area contributed by atoms with Gasteiger partial charge in [-0.25, -0.2) is 0 Å². The Bertz CT molecular complexity index is 412. The molecule has 0 bridgehead atoms. The average molecular weight is 376 g/mol. The van der Waals surface area contributed by atoms with E-state index in [1.807, 2.05) is 0 Å². The second-order valence-electron chi connectivity index (χ2n) is 3.77. The maximum Gasteiger partial charge on any atom is 0.307 e. The first-order valence-corrected chi connectivity index (χ1v) is 6.34. The first kappa shape index (κ1) is 15.4. The Morgan fingerprint density at radius 3 is 2.17 bits per heavy atom. The summed E-state index contributed by atoms with van der Waals surface area (Å²) >= 11 is 1.71. The van der Waals surface area contributed by atoms with Crippen molar-refractivity contribution in [1.29, 1.82) is 0 Å². The Morgan fingerprint density at radius 1 is 1.11 bits per heavy atom. The fraction of sp³-hybridized carbons (Fsp3) is 0.333. The van der Waals surface area contributed by atoms with Crippen molar-refractivity contribution < 1.29 is 22.0 Å². The lowest BCUT2D eigenvalue weighted by atomic mass is 10.1. The van der Waals surface area contributed by atoms with Crippen LogP contribution in [0.1, 0.15) is 12.0 Å². The number of benzene rings is 1. The highest BCUT2D eigenvalue weighted by atomic mass is 127. The molecule has 0 radical (unpaired) electrons. The minimum absolute atomic E-state index is 0.276. The van der Waals surface area contributed by atoms with Crippen LogP contribution in [0.15, 0.2) is 42.2 Å². The van der Waals surface area contributed by atoms with Crippen LogP contribution in [0.2, 0.25) is 0 Å². The van der Waals surface area contributed by atoms with Crippen LogP contribution in [0.4, 0.5) is 22.0 Å². The maximum absolute atomic E-state index is 13.1. The van der Waals surface area contributed by atoms with Gasteiger partial charge in [0.15, 0.2) is 0 Å². The van der Waals surface area contributed by atoms with Crippen LogP contribution in [0.5, 0.6) is 0 Å². The van der Waals surface area contributed by atoms with Gasteiger partial charge in [-0.3, -0.25) is 0 Å². The fourth-order valence-electron chi connectivity index (χ4n) is 1.45. The summed E-state index contributed by atoms with van der Waals surface area (Å²) in [4.78, 5) is 0. The molecule has 0 amide bonds. The molecule has 0 saturated heterocycles. The zero-order valence-corrected chi connectivity index (χ0v) is 11.3. The lowest BCUT2D eigenvalue weighted by Crippen LogP contribution is -2.23. The molecule has 1 aromatic carbocycles. The molecule has 1 rings (SSSR count). The molecule has 0 fully saturated rings. The van der Waals surface area contributed by atoms with Gasteiger partial charge in [0.05, 0.1) is 0 Å². The van der Waals surface area contributed by atoms with E-state index in [0.29, 0.717) is 0 Å². The molecule has 0 nitrogen and oxygen atoms in total. The first-order valence-electron chi connectivity index (χ1n) is 5.10. The van der Waals surface area contributed by atoms with Crippen molar-refractivity contribution >= 4 is 22.6 Å². The van der Waals surface area contributed by atoms with Gasteiger partial charge >= 0.3 is 12.0 Å². The van der Waals surface area contributed by atoms with Gasteiger partial charge in [0.2, 0.25) is 5.83 Å². The lowest BCUT2D eigenvalue weighted by molar-refractivity contribution is 0.00328. The molecule has 0 aliphatic rings. The monoisotopic (exact) mass is 376 g/mol. The summed E-state index contributed by atoms with van der Waals surface area (Å²) in [6.45, 7) is 0. The first-order chi connectivity index (χ1) is 8.33. The molecule has 100 valence electrons. The zero-order valence-electron chi connectivity index (χ0n) is 9.15. The standard InChI is InChI=1S/C12H10F5I/c13-10(11(14)15)12(16,17)7-9(18)6-8-4-2-1-3-5-8/h1-5,9H,6-7H2. The van der Waals surface area contributed by atoms with Crippen LogP contribution < -0.4 is 0 Å². The van der Waals surface area contributed by atoms with Crippen molar-refractivity contribution in [3.63, 3.8) is 0 Å². The molecule has 0 aromatic heterocycles. The van der Waals surface area contributed by atoms with Gasteiger partial charge < -0.3 is 0 Å². The van der Waals surface area contributed by atoms with Gasteiger partial charge in [-0.05, 0) is 12.0 Å². The van der Waals surface area contributed by atoms with Gasteiger partial charge in [0.25, 0.3) is 0 Å². The predicted octanol–water partition coefficient (Wildman–Crippen LogP) is 5.14. The number of rotatable bonds is 5. The molecule has 0 heterocycles. The summed E-state index contributed by atoms with van der Waals surface area (Å²) < 4.78 is 61.8. The Morgan fingerprint density at radius 2 is 1.67 bits per heavy atom. The third-order valence-electron chi connectivity index (χ3n) is 2.26. The molecular formula is C12H10F5I. The third-order valence-corrected chi connectivity index (χ3v) is 3.15. The van der Waals surface area contributed by atoms with Gasteiger partial charge in [0, 0.05) is 10.3 Å². The minimum Gasteiger partial charge on any atom is -0.199 e. The van der Waals surface area contributed by atoms with Crippen molar-refractivity contribution in [1.82, 2.24) is 0 Å². The number of hydrogen-bond acceptors (Lipinski definition) is 0. The van der Waals surface area contributed by atoms with Crippen molar-refractivity contribution in [3.05, 3.63) is 47.8 Å². The third kappa shape index (κ3) is 4.55. The molecule has 0 aliphatic heterocycles. The molecule has 1 unspecified atom stereocenters. The Kier molecular flexibility index (Phi) is 5.55. The highest BCUT2D eigenvalue weighted by molar-refractivity contribution is 14.1. The SMILES string of the molecule is FC(F)=C(F)C(F)(F)CC(I)Cc1ccccc1. The normalized spacial score (nSPS) is 13.2. The summed E-state index contributed by atoms with van der Waals surface area (Å²) in [6.07, 6.45) is -3.63. The molecule has 18 heavy (non-hydrogen) atoms. The molecule has 0 spiro atoms. The Hall–Kier alpha value is -0.660. The van der Waals surface area contributed by atoms with Crippen molar-refractivity contribution in [3.8, 4) is 0 Å². The molecular weight excluding hydrogens is 366 g/mol. The number of alkyl halides is 3. The van der Waals surface area contributed by atoms with E-state index in [9.17, 15) is 22.0 Å². The smallest absolute Gasteiger partial charge is 0.199 e. The quantitative estimate of drug-likeness (QED) is 0.380. The lowest BCUT2D eigenvalue weighted by Gasteiger charge is -2.17. The van der Waals surface area contributed by atoms with Crippen LogP contribution in [-0.4, -0.2) is 9.85 Å². The average Bonchev–Trinajstić information content (AvgIpc) is 2.28. The summed E-state index contributed by atoms with van der Waals surface area (Å²) in [5.74, 6) is -6.74. The molecule has 0 saturated carbocycles. The van der Waals surface area contributed by atoms with Gasteiger partial charge in [-0.2, -0.15) is 22.0 Å². The van der Waals surface area contributed by atoms with E-state index in [1.54, 1.807) is 52.9 Å². The molecule has 1 atom stereocenters. The van der Waals surface area contributed by atoms with E-state index in [0.717, 1.165) is 5.56 Å². The highest BCUT2D eigenvalue weighted by Gasteiger charge is 2.40. The van der Waals surface area contributed by atoms with E-state index in [4.69, 9.17) is 0 Å². The van der Waals surface area contributed by atoms with Crippen LogP contribution in [0, 0.1) is 0 Å².